The molecule has 0 bridgehead atoms. The van der Waals surface area contributed by atoms with Gasteiger partial charge in [0.15, 0.2) is 0 Å². The monoisotopic (exact) mass is 331 g/mol. The summed E-state index contributed by atoms with van der Waals surface area (Å²) in [6.07, 6.45) is 1.49. The van der Waals surface area contributed by atoms with Crippen molar-refractivity contribution in [2.75, 3.05) is 0 Å². The second-order valence-electron chi connectivity index (χ2n) is 4.56. The van der Waals surface area contributed by atoms with Gasteiger partial charge < -0.3 is 10.3 Å². The molecule has 1 aromatic heterocycles. The van der Waals surface area contributed by atoms with Gasteiger partial charge in [0, 0.05) is 32.0 Å². The lowest BCUT2D eigenvalue weighted by atomic mass is 10.2. The van der Waals surface area contributed by atoms with Gasteiger partial charge in [0.1, 0.15) is 5.82 Å². The standard InChI is InChI=1S/C13H15ClFN3O2S/c1-18-8-11(5-10(18)6-16)21(19,20)17-7-9-2-3-13(15)12(14)4-9/h2-5,8,17H,6-7,16H2,1H3. The minimum Gasteiger partial charge on any atom is -0.352 e. The van der Waals surface area contributed by atoms with Gasteiger partial charge in [-0.2, -0.15) is 0 Å². The average Bonchev–Trinajstić information content (AvgIpc) is 2.82. The van der Waals surface area contributed by atoms with E-state index in [0.717, 1.165) is 0 Å². The first-order valence-corrected chi connectivity index (χ1v) is 7.98. The smallest absolute Gasteiger partial charge is 0.242 e. The van der Waals surface area contributed by atoms with Gasteiger partial charge >= 0.3 is 0 Å². The van der Waals surface area contributed by atoms with E-state index < -0.39 is 15.8 Å². The number of sulfonamides is 1. The molecule has 1 heterocycles. The summed E-state index contributed by atoms with van der Waals surface area (Å²) in [4.78, 5) is 0.138. The summed E-state index contributed by atoms with van der Waals surface area (Å²) in [6, 6.07) is 5.57. The number of hydrogen-bond acceptors (Lipinski definition) is 3. The number of nitrogens with zero attached hydrogens (tertiary/aromatic N) is 1. The summed E-state index contributed by atoms with van der Waals surface area (Å²) in [7, 11) is -1.93. The van der Waals surface area contributed by atoms with Gasteiger partial charge in [0.05, 0.1) is 9.92 Å². The van der Waals surface area contributed by atoms with Crippen LogP contribution in [0.1, 0.15) is 11.3 Å². The topological polar surface area (TPSA) is 77.1 Å². The summed E-state index contributed by atoms with van der Waals surface area (Å²) in [5.41, 5.74) is 6.79. The Morgan fingerprint density at radius 2 is 2.10 bits per heavy atom. The van der Waals surface area contributed by atoms with E-state index in [1.54, 1.807) is 11.6 Å². The van der Waals surface area contributed by atoms with Crippen LogP contribution < -0.4 is 10.5 Å². The molecule has 0 radical (unpaired) electrons. The Bertz CT molecular complexity index is 759. The third-order valence-corrected chi connectivity index (χ3v) is 4.71. The zero-order valence-electron chi connectivity index (χ0n) is 11.3. The van der Waals surface area contributed by atoms with Crippen LogP contribution in [0.15, 0.2) is 35.4 Å². The Labute approximate surface area is 127 Å². The minimum absolute atomic E-state index is 0.0230. The van der Waals surface area contributed by atoms with Gasteiger partial charge in [-0.15, -0.1) is 0 Å². The summed E-state index contributed by atoms with van der Waals surface area (Å²) in [6.45, 7) is 0.273. The third kappa shape index (κ3) is 3.62. The first-order chi connectivity index (χ1) is 9.83. The molecule has 0 atom stereocenters. The zero-order chi connectivity index (χ0) is 15.6. The summed E-state index contributed by atoms with van der Waals surface area (Å²) in [5.74, 6) is -0.543. The molecular weight excluding hydrogens is 317 g/mol. The van der Waals surface area contributed by atoms with E-state index >= 15 is 0 Å². The van der Waals surface area contributed by atoms with Crippen molar-refractivity contribution < 1.29 is 12.8 Å². The minimum atomic E-state index is -3.66. The molecule has 0 fully saturated rings. The third-order valence-electron chi connectivity index (χ3n) is 3.05. The van der Waals surface area contributed by atoms with Crippen LogP contribution in [0.4, 0.5) is 4.39 Å². The van der Waals surface area contributed by atoms with Crippen LogP contribution in [0.3, 0.4) is 0 Å². The largest absolute Gasteiger partial charge is 0.352 e. The molecule has 114 valence electrons. The summed E-state index contributed by atoms with van der Waals surface area (Å²) < 4.78 is 41.5. The van der Waals surface area contributed by atoms with E-state index in [4.69, 9.17) is 17.3 Å². The molecule has 3 N–H and O–H groups in total. The highest BCUT2D eigenvalue weighted by atomic mass is 35.5. The molecule has 2 aromatic rings. The lowest BCUT2D eigenvalue weighted by Crippen LogP contribution is -2.22. The van der Waals surface area contributed by atoms with E-state index in [1.165, 1.54) is 30.5 Å². The molecule has 0 saturated carbocycles. The van der Waals surface area contributed by atoms with Crippen LogP contribution >= 0.6 is 11.6 Å². The van der Waals surface area contributed by atoms with E-state index in [1.807, 2.05) is 0 Å². The quantitative estimate of drug-likeness (QED) is 0.876. The Kier molecular flexibility index (Phi) is 4.67. The molecule has 0 aliphatic heterocycles. The Morgan fingerprint density at radius 1 is 1.38 bits per heavy atom. The number of nitrogens with one attached hydrogen (secondary N) is 1. The maximum atomic E-state index is 13.0. The van der Waals surface area contributed by atoms with Crippen molar-refractivity contribution >= 4 is 21.6 Å². The number of hydrogen-bond donors (Lipinski definition) is 2. The van der Waals surface area contributed by atoms with E-state index in [0.29, 0.717) is 11.3 Å². The van der Waals surface area contributed by atoms with Crippen molar-refractivity contribution in [2.24, 2.45) is 12.8 Å². The SMILES string of the molecule is Cn1cc(S(=O)(=O)NCc2ccc(F)c(Cl)c2)cc1CN. The fraction of sp³-hybridized carbons (Fsp3) is 0.231. The second kappa shape index (κ2) is 6.15. The van der Waals surface area contributed by atoms with Gasteiger partial charge in [0.25, 0.3) is 0 Å². The summed E-state index contributed by atoms with van der Waals surface area (Å²) >= 11 is 5.65. The molecular formula is C13H15ClFN3O2S. The maximum absolute atomic E-state index is 13.0. The predicted octanol–water partition coefficient (Wildman–Crippen LogP) is 1.75. The van der Waals surface area contributed by atoms with Crippen LogP contribution in [0, 0.1) is 5.82 Å². The average molecular weight is 332 g/mol. The molecule has 1 aromatic carbocycles. The zero-order valence-corrected chi connectivity index (χ0v) is 12.9. The molecule has 0 saturated heterocycles. The van der Waals surface area contributed by atoms with Crippen LogP contribution in [-0.2, 0) is 30.2 Å². The molecule has 21 heavy (non-hydrogen) atoms. The van der Waals surface area contributed by atoms with Gasteiger partial charge in [0.2, 0.25) is 10.0 Å². The molecule has 0 aliphatic carbocycles. The number of nitrogens with two attached hydrogens (primary N) is 1. The van der Waals surface area contributed by atoms with Crippen LogP contribution in [-0.4, -0.2) is 13.0 Å². The molecule has 0 aliphatic rings. The van der Waals surface area contributed by atoms with Crippen molar-refractivity contribution in [3.05, 3.63) is 52.6 Å². The normalized spacial score (nSPS) is 11.8. The van der Waals surface area contributed by atoms with Crippen molar-refractivity contribution in [2.45, 2.75) is 18.0 Å². The number of halogens is 2. The van der Waals surface area contributed by atoms with Crippen LogP contribution in [0.5, 0.6) is 0 Å². The van der Waals surface area contributed by atoms with E-state index in [2.05, 4.69) is 4.72 Å². The molecule has 2 rings (SSSR count). The fourth-order valence-corrected chi connectivity index (χ4v) is 3.15. The van der Waals surface area contributed by atoms with Gasteiger partial charge in [-0.25, -0.2) is 17.5 Å². The first-order valence-electron chi connectivity index (χ1n) is 6.12. The van der Waals surface area contributed by atoms with Crippen molar-refractivity contribution in [1.82, 2.24) is 9.29 Å². The van der Waals surface area contributed by atoms with Gasteiger partial charge in [-0.3, -0.25) is 0 Å². The van der Waals surface area contributed by atoms with Crippen LogP contribution in [0.25, 0.3) is 0 Å². The molecule has 0 unspecified atom stereocenters. The first kappa shape index (κ1) is 16.0. The summed E-state index contributed by atoms with van der Waals surface area (Å²) in [5, 5.41) is -0.0446. The Morgan fingerprint density at radius 3 is 2.67 bits per heavy atom. The Balaban J connectivity index is 2.15. The maximum Gasteiger partial charge on any atom is 0.242 e. The van der Waals surface area contributed by atoms with Crippen LogP contribution in [0.2, 0.25) is 5.02 Å². The van der Waals surface area contributed by atoms with Crippen molar-refractivity contribution in [1.29, 1.82) is 0 Å². The van der Waals surface area contributed by atoms with Gasteiger partial charge in [-0.1, -0.05) is 17.7 Å². The molecule has 0 spiro atoms. The molecule has 0 amide bonds. The lowest BCUT2D eigenvalue weighted by Gasteiger charge is -2.06. The fourth-order valence-electron chi connectivity index (χ4n) is 1.84. The van der Waals surface area contributed by atoms with E-state index in [-0.39, 0.29) is 23.0 Å². The second-order valence-corrected chi connectivity index (χ2v) is 6.73. The van der Waals surface area contributed by atoms with E-state index in [9.17, 15) is 12.8 Å². The molecule has 5 nitrogen and oxygen atoms in total. The highest BCUT2D eigenvalue weighted by molar-refractivity contribution is 7.89. The van der Waals surface area contributed by atoms with Crippen molar-refractivity contribution in [3.63, 3.8) is 0 Å². The number of benzene rings is 1. The molecule has 8 heteroatoms. The predicted molar refractivity (Wildman–Crippen MR) is 78.7 cm³/mol. The number of aryl methyl sites for hydroxylation is 1. The number of rotatable bonds is 5. The van der Waals surface area contributed by atoms with Gasteiger partial charge in [-0.05, 0) is 23.8 Å². The van der Waals surface area contributed by atoms with Crippen molar-refractivity contribution in [3.8, 4) is 0 Å². The highest BCUT2D eigenvalue weighted by Gasteiger charge is 2.17. The number of aromatic nitrogens is 1. The highest BCUT2D eigenvalue weighted by Crippen LogP contribution is 2.17. The lowest BCUT2D eigenvalue weighted by molar-refractivity contribution is 0.581. The Hall–Kier alpha value is -1.41.